The van der Waals surface area contributed by atoms with E-state index in [9.17, 15) is 19.2 Å². The van der Waals surface area contributed by atoms with Crippen LogP contribution in [0.5, 0.6) is 0 Å². The number of ether oxygens (including phenoxy) is 7. The maximum absolute atomic E-state index is 12.0. The molecule has 0 aromatic carbocycles. The summed E-state index contributed by atoms with van der Waals surface area (Å²) in [4.78, 5) is 47.2. The van der Waals surface area contributed by atoms with E-state index >= 15 is 0 Å². The Hall–Kier alpha value is -2.24. The van der Waals surface area contributed by atoms with E-state index in [4.69, 9.17) is 33.2 Å². The first-order chi connectivity index (χ1) is 16.1. The molecule has 192 valence electrons. The van der Waals surface area contributed by atoms with Crippen molar-refractivity contribution in [1.82, 2.24) is 0 Å². The van der Waals surface area contributed by atoms with Gasteiger partial charge in [-0.25, -0.2) is 0 Å². The van der Waals surface area contributed by atoms with Gasteiger partial charge in [-0.15, -0.1) is 0 Å². The fraction of sp³-hybridized carbons (Fsp3) is 0.826. The normalized spacial score (nSPS) is 37.3. The molecule has 0 N–H and O–H groups in total. The molecule has 1 unspecified atom stereocenters. The summed E-state index contributed by atoms with van der Waals surface area (Å²) in [6, 6.07) is 0. The molecule has 0 spiro atoms. The standard InChI is InChI=1S/C23H34O11/c1-11-6-7-16-8-9-28-22(18(11)16)34-23-21(32-15(5)27)20(31-14(4)26)19(30-13(3)25)17(33-23)10-29-12(2)24/h11,16-23H,6-10H2,1-5H3/t11-,16+,17+,18+,19+,20-,21+,22-,23?/m0/s1. The first-order valence-electron chi connectivity index (χ1n) is 11.6. The number of hydrogen-bond donors (Lipinski definition) is 0. The van der Waals surface area contributed by atoms with Crippen LogP contribution in [0.25, 0.3) is 0 Å². The van der Waals surface area contributed by atoms with E-state index in [0.717, 1.165) is 19.3 Å². The molecule has 0 aromatic rings. The maximum atomic E-state index is 12.0. The Bertz CT molecular complexity index is 766. The van der Waals surface area contributed by atoms with Crippen molar-refractivity contribution in [3.8, 4) is 0 Å². The summed E-state index contributed by atoms with van der Waals surface area (Å²) >= 11 is 0. The quantitative estimate of drug-likeness (QED) is 0.383. The molecule has 34 heavy (non-hydrogen) atoms. The summed E-state index contributed by atoms with van der Waals surface area (Å²) in [6.45, 7) is 7.13. The van der Waals surface area contributed by atoms with Crippen LogP contribution in [0.3, 0.4) is 0 Å². The minimum absolute atomic E-state index is 0.126. The highest BCUT2D eigenvalue weighted by Gasteiger charge is 2.54. The molecule has 0 bridgehead atoms. The van der Waals surface area contributed by atoms with Crippen molar-refractivity contribution in [3.05, 3.63) is 0 Å². The van der Waals surface area contributed by atoms with E-state index in [2.05, 4.69) is 6.92 Å². The highest BCUT2D eigenvalue weighted by molar-refractivity contribution is 5.68. The molecule has 3 rings (SSSR count). The van der Waals surface area contributed by atoms with Crippen molar-refractivity contribution in [2.45, 2.75) is 90.9 Å². The zero-order valence-electron chi connectivity index (χ0n) is 20.2. The van der Waals surface area contributed by atoms with Crippen LogP contribution >= 0.6 is 0 Å². The van der Waals surface area contributed by atoms with Crippen molar-refractivity contribution >= 4 is 23.9 Å². The second kappa shape index (κ2) is 11.5. The second-order valence-electron chi connectivity index (χ2n) is 9.12. The average molecular weight is 487 g/mol. The average Bonchev–Trinajstić information content (AvgIpc) is 3.12. The van der Waals surface area contributed by atoms with Crippen LogP contribution in [-0.4, -0.2) is 74.1 Å². The summed E-state index contributed by atoms with van der Waals surface area (Å²) in [5.41, 5.74) is 0. The van der Waals surface area contributed by atoms with Gasteiger partial charge < -0.3 is 33.2 Å². The molecule has 2 saturated heterocycles. The molecule has 1 saturated carbocycles. The number of hydrogen-bond acceptors (Lipinski definition) is 11. The number of rotatable bonds is 7. The molecule has 3 fully saturated rings. The monoisotopic (exact) mass is 486 g/mol. The van der Waals surface area contributed by atoms with E-state index in [1.807, 2.05) is 0 Å². The van der Waals surface area contributed by atoms with E-state index < -0.39 is 60.9 Å². The number of esters is 4. The molecule has 11 nitrogen and oxygen atoms in total. The Morgan fingerprint density at radius 3 is 2.00 bits per heavy atom. The smallest absolute Gasteiger partial charge is 0.303 e. The van der Waals surface area contributed by atoms with Crippen molar-refractivity contribution in [1.29, 1.82) is 0 Å². The number of carbonyl (C=O) groups excluding carboxylic acids is 4. The third kappa shape index (κ3) is 6.45. The predicted octanol–water partition coefficient (Wildman–Crippen LogP) is 1.49. The molecule has 9 atom stereocenters. The lowest BCUT2D eigenvalue weighted by molar-refractivity contribution is -0.354. The van der Waals surface area contributed by atoms with E-state index in [1.165, 1.54) is 27.7 Å². The van der Waals surface area contributed by atoms with Gasteiger partial charge in [-0.1, -0.05) is 6.92 Å². The maximum Gasteiger partial charge on any atom is 0.303 e. The summed E-state index contributed by atoms with van der Waals surface area (Å²) < 4.78 is 39.6. The SMILES string of the molecule is CC(=O)OC[C@H]1OC(O[C@@H]2OCC[C@H]3CC[C@H](C)[C@H]32)[C@H](OC(C)=O)[C@@H](OC(C)=O)[C@@H]1OC(C)=O. The predicted molar refractivity (Wildman–Crippen MR) is 113 cm³/mol. The van der Waals surface area contributed by atoms with Crippen molar-refractivity contribution < 1.29 is 52.3 Å². The van der Waals surface area contributed by atoms with Gasteiger partial charge >= 0.3 is 23.9 Å². The Kier molecular flexibility index (Phi) is 8.89. The third-order valence-corrected chi connectivity index (χ3v) is 6.50. The van der Waals surface area contributed by atoms with Gasteiger partial charge in [-0.2, -0.15) is 0 Å². The van der Waals surface area contributed by atoms with Crippen LogP contribution in [0.15, 0.2) is 0 Å². The van der Waals surface area contributed by atoms with Crippen LogP contribution in [0.1, 0.15) is 53.9 Å². The zero-order valence-corrected chi connectivity index (χ0v) is 20.2. The Morgan fingerprint density at radius 2 is 1.38 bits per heavy atom. The van der Waals surface area contributed by atoms with Crippen LogP contribution in [0.4, 0.5) is 0 Å². The molecule has 0 radical (unpaired) electrons. The van der Waals surface area contributed by atoms with E-state index in [0.29, 0.717) is 18.4 Å². The van der Waals surface area contributed by atoms with E-state index in [1.54, 1.807) is 0 Å². The lowest BCUT2D eigenvalue weighted by Gasteiger charge is -2.46. The Morgan fingerprint density at radius 1 is 0.765 bits per heavy atom. The zero-order chi connectivity index (χ0) is 25.0. The fourth-order valence-corrected chi connectivity index (χ4v) is 5.16. The number of carbonyl (C=O) groups is 4. The van der Waals surface area contributed by atoms with Gasteiger partial charge in [0.15, 0.2) is 24.6 Å². The highest BCUT2D eigenvalue weighted by Crippen LogP contribution is 2.45. The van der Waals surface area contributed by atoms with Crippen molar-refractivity contribution in [2.24, 2.45) is 17.8 Å². The molecule has 1 aliphatic carbocycles. The van der Waals surface area contributed by atoms with Gasteiger partial charge in [0.1, 0.15) is 12.7 Å². The van der Waals surface area contributed by atoms with Crippen molar-refractivity contribution in [3.63, 3.8) is 0 Å². The van der Waals surface area contributed by atoms with Crippen molar-refractivity contribution in [2.75, 3.05) is 13.2 Å². The minimum Gasteiger partial charge on any atom is -0.463 e. The number of fused-ring (bicyclic) bond motifs is 1. The van der Waals surface area contributed by atoms with Crippen LogP contribution in [0, 0.1) is 17.8 Å². The molecule has 0 aromatic heterocycles. The summed E-state index contributed by atoms with van der Waals surface area (Å²) in [5, 5.41) is 0. The van der Waals surface area contributed by atoms with Gasteiger partial charge in [0.05, 0.1) is 6.61 Å². The van der Waals surface area contributed by atoms with Gasteiger partial charge in [0.2, 0.25) is 6.29 Å². The molecule has 0 amide bonds. The van der Waals surface area contributed by atoms with Gasteiger partial charge in [0, 0.05) is 33.6 Å². The second-order valence-corrected chi connectivity index (χ2v) is 9.12. The van der Waals surface area contributed by atoms with Crippen LogP contribution in [-0.2, 0) is 52.3 Å². The Balaban J connectivity index is 1.92. The molecule has 2 heterocycles. The topological polar surface area (TPSA) is 133 Å². The summed E-state index contributed by atoms with van der Waals surface area (Å²) in [7, 11) is 0. The van der Waals surface area contributed by atoms with Gasteiger partial charge in [0.25, 0.3) is 0 Å². The third-order valence-electron chi connectivity index (χ3n) is 6.50. The lowest BCUT2D eigenvalue weighted by atomic mass is 9.86. The largest absolute Gasteiger partial charge is 0.463 e. The molecular weight excluding hydrogens is 452 g/mol. The molecule has 11 heteroatoms. The Labute approximate surface area is 198 Å². The lowest BCUT2D eigenvalue weighted by Crippen LogP contribution is -2.63. The molecular formula is C23H34O11. The van der Waals surface area contributed by atoms with Gasteiger partial charge in [-0.05, 0) is 31.1 Å². The summed E-state index contributed by atoms with van der Waals surface area (Å²) in [6.07, 6.45) is -3.55. The molecule has 3 aliphatic rings. The van der Waals surface area contributed by atoms with Gasteiger partial charge in [-0.3, -0.25) is 19.2 Å². The minimum atomic E-state index is -1.26. The first kappa shape index (κ1) is 26.4. The molecule has 2 aliphatic heterocycles. The van der Waals surface area contributed by atoms with Crippen LogP contribution in [0.2, 0.25) is 0 Å². The fourth-order valence-electron chi connectivity index (χ4n) is 5.16. The van der Waals surface area contributed by atoms with Crippen LogP contribution < -0.4 is 0 Å². The first-order valence-corrected chi connectivity index (χ1v) is 11.6. The summed E-state index contributed by atoms with van der Waals surface area (Å²) in [5.74, 6) is -1.69. The van der Waals surface area contributed by atoms with E-state index in [-0.39, 0.29) is 12.5 Å². The highest BCUT2D eigenvalue weighted by atomic mass is 16.8.